The van der Waals surface area contributed by atoms with Crippen molar-refractivity contribution < 1.29 is 13.2 Å². The summed E-state index contributed by atoms with van der Waals surface area (Å²) in [5, 5.41) is 3.54. The molecular weight excluding hydrogens is 422 g/mol. The predicted molar refractivity (Wildman–Crippen MR) is 119 cm³/mol. The first kappa shape index (κ1) is 21.2. The average Bonchev–Trinajstić information content (AvgIpc) is 3.29. The first-order valence-electron chi connectivity index (χ1n) is 10.4. The molecule has 0 saturated carbocycles. The normalized spacial score (nSPS) is 20.3. The molecule has 30 heavy (non-hydrogen) atoms. The van der Waals surface area contributed by atoms with Crippen molar-refractivity contribution in [1.29, 1.82) is 0 Å². The molecule has 160 valence electrons. The molecule has 2 saturated heterocycles. The maximum Gasteiger partial charge on any atom is 0.243 e. The van der Waals surface area contributed by atoms with Gasteiger partial charge in [-0.2, -0.15) is 4.31 Å². The summed E-state index contributed by atoms with van der Waals surface area (Å²) >= 11 is 5.88. The zero-order chi connectivity index (χ0) is 21.1. The number of nitrogens with zero attached hydrogens (tertiary/aromatic N) is 2. The summed E-state index contributed by atoms with van der Waals surface area (Å²) in [6.07, 6.45) is 3.63. The van der Waals surface area contributed by atoms with E-state index in [4.69, 9.17) is 11.6 Å². The van der Waals surface area contributed by atoms with Crippen molar-refractivity contribution in [1.82, 2.24) is 4.31 Å². The number of sulfonamides is 1. The number of benzene rings is 2. The van der Waals surface area contributed by atoms with Gasteiger partial charge in [0, 0.05) is 31.2 Å². The fourth-order valence-corrected chi connectivity index (χ4v) is 5.83. The largest absolute Gasteiger partial charge is 0.370 e. The van der Waals surface area contributed by atoms with E-state index in [1.54, 1.807) is 12.1 Å². The van der Waals surface area contributed by atoms with Crippen molar-refractivity contribution in [2.45, 2.75) is 30.6 Å². The Hall–Kier alpha value is -2.09. The van der Waals surface area contributed by atoms with Crippen LogP contribution in [0.25, 0.3) is 0 Å². The number of halogens is 1. The van der Waals surface area contributed by atoms with Gasteiger partial charge in [0.05, 0.1) is 22.2 Å². The van der Waals surface area contributed by atoms with E-state index in [0.29, 0.717) is 24.4 Å². The molecule has 0 radical (unpaired) electrons. The van der Waals surface area contributed by atoms with Gasteiger partial charge in [0.1, 0.15) is 0 Å². The Bertz CT molecular complexity index is 1000. The SMILES string of the molecule is O=C(Nc1ccccc1N1CCCC1)[C@H]1CCCN(S(=O)(=O)c2ccc(Cl)cc2)C1. The molecule has 2 aliphatic heterocycles. The Morgan fingerprint density at radius 3 is 2.40 bits per heavy atom. The lowest BCUT2D eigenvalue weighted by Gasteiger charge is -2.31. The van der Waals surface area contributed by atoms with Crippen LogP contribution in [0.3, 0.4) is 0 Å². The van der Waals surface area contributed by atoms with Gasteiger partial charge in [-0.15, -0.1) is 0 Å². The van der Waals surface area contributed by atoms with Crippen LogP contribution in [0.4, 0.5) is 11.4 Å². The van der Waals surface area contributed by atoms with E-state index in [9.17, 15) is 13.2 Å². The number of hydrogen-bond acceptors (Lipinski definition) is 4. The maximum absolute atomic E-state index is 13.0. The second-order valence-electron chi connectivity index (χ2n) is 7.86. The van der Waals surface area contributed by atoms with E-state index in [1.165, 1.54) is 16.4 Å². The Morgan fingerprint density at radius 2 is 1.67 bits per heavy atom. The summed E-state index contributed by atoms with van der Waals surface area (Å²) in [6, 6.07) is 14.0. The third kappa shape index (κ3) is 4.48. The van der Waals surface area contributed by atoms with Crippen LogP contribution in [0.2, 0.25) is 5.02 Å². The Labute approximate surface area is 182 Å². The van der Waals surface area contributed by atoms with Crippen molar-refractivity contribution in [3.63, 3.8) is 0 Å². The molecule has 1 N–H and O–H groups in total. The number of carbonyl (C=O) groups excluding carboxylic acids is 1. The standard InChI is InChI=1S/C22H26ClN3O3S/c23-18-9-11-19(12-10-18)30(28,29)26-15-5-6-17(16-26)22(27)24-20-7-1-2-8-21(20)25-13-3-4-14-25/h1-2,7-12,17H,3-6,13-16H2,(H,24,27)/t17-/m0/s1. The van der Waals surface area contributed by atoms with Crippen molar-refractivity contribution in [2.75, 3.05) is 36.4 Å². The van der Waals surface area contributed by atoms with E-state index >= 15 is 0 Å². The summed E-state index contributed by atoms with van der Waals surface area (Å²) in [5.74, 6) is -0.509. The smallest absolute Gasteiger partial charge is 0.243 e. The minimum Gasteiger partial charge on any atom is -0.370 e. The van der Waals surface area contributed by atoms with Gasteiger partial charge in [-0.25, -0.2) is 8.42 Å². The number of nitrogens with one attached hydrogen (secondary N) is 1. The molecule has 2 aromatic carbocycles. The van der Waals surface area contributed by atoms with Gasteiger partial charge < -0.3 is 10.2 Å². The third-order valence-corrected chi connectivity index (χ3v) is 7.95. The molecule has 0 aromatic heterocycles. The summed E-state index contributed by atoms with van der Waals surface area (Å²) in [7, 11) is -3.65. The van der Waals surface area contributed by atoms with Crippen LogP contribution in [-0.2, 0) is 14.8 Å². The predicted octanol–water partition coefficient (Wildman–Crippen LogP) is 3.98. The lowest BCUT2D eigenvalue weighted by atomic mass is 9.98. The van der Waals surface area contributed by atoms with Gasteiger partial charge in [0.15, 0.2) is 0 Å². The molecule has 4 rings (SSSR count). The number of piperidine rings is 1. The average molecular weight is 448 g/mol. The Kier molecular flexibility index (Phi) is 6.32. The number of amides is 1. The van der Waals surface area contributed by atoms with E-state index in [2.05, 4.69) is 10.2 Å². The highest BCUT2D eigenvalue weighted by Gasteiger charge is 2.33. The highest BCUT2D eigenvalue weighted by Crippen LogP contribution is 2.30. The van der Waals surface area contributed by atoms with Crippen molar-refractivity contribution >= 4 is 38.9 Å². The second-order valence-corrected chi connectivity index (χ2v) is 10.2. The molecule has 2 fully saturated rings. The van der Waals surface area contributed by atoms with Gasteiger partial charge in [-0.05, 0) is 62.1 Å². The molecule has 1 amide bonds. The van der Waals surface area contributed by atoms with Crippen LogP contribution in [0.1, 0.15) is 25.7 Å². The topological polar surface area (TPSA) is 69.7 Å². The number of para-hydroxylation sites is 2. The lowest BCUT2D eigenvalue weighted by Crippen LogP contribution is -2.43. The lowest BCUT2D eigenvalue weighted by molar-refractivity contribution is -0.120. The zero-order valence-electron chi connectivity index (χ0n) is 16.8. The van der Waals surface area contributed by atoms with Crippen LogP contribution in [0, 0.1) is 5.92 Å². The molecule has 8 heteroatoms. The van der Waals surface area contributed by atoms with E-state index in [0.717, 1.165) is 37.3 Å². The van der Waals surface area contributed by atoms with Crippen LogP contribution in [-0.4, -0.2) is 44.8 Å². The van der Waals surface area contributed by atoms with Crippen LogP contribution >= 0.6 is 11.6 Å². The Morgan fingerprint density at radius 1 is 0.967 bits per heavy atom. The summed E-state index contributed by atoms with van der Waals surface area (Å²) in [6.45, 7) is 2.58. The van der Waals surface area contributed by atoms with Crippen molar-refractivity contribution in [3.05, 3.63) is 53.6 Å². The van der Waals surface area contributed by atoms with Crippen molar-refractivity contribution in [3.8, 4) is 0 Å². The molecule has 0 unspecified atom stereocenters. The highest BCUT2D eigenvalue weighted by molar-refractivity contribution is 7.89. The quantitative estimate of drug-likeness (QED) is 0.752. The zero-order valence-corrected chi connectivity index (χ0v) is 18.3. The molecule has 2 aromatic rings. The maximum atomic E-state index is 13.0. The molecule has 6 nitrogen and oxygen atoms in total. The van der Waals surface area contributed by atoms with Crippen LogP contribution < -0.4 is 10.2 Å². The van der Waals surface area contributed by atoms with Gasteiger partial charge >= 0.3 is 0 Å². The number of carbonyl (C=O) groups is 1. The summed E-state index contributed by atoms with van der Waals surface area (Å²) in [5.41, 5.74) is 1.83. The molecular formula is C22H26ClN3O3S. The van der Waals surface area contributed by atoms with E-state index in [1.807, 2.05) is 24.3 Å². The Balaban J connectivity index is 1.47. The fourth-order valence-electron chi connectivity index (χ4n) is 4.18. The monoisotopic (exact) mass is 447 g/mol. The fraction of sp³-hybridized carbons (Fsp3) is 0.409. The van der Waals surface area contributed by atoms with Gasteiger partial charge in [-0.3, -0.25) is 4.79 Å². The molecule has 2 aliphatic rings. The minimum atomic E-state index is -3.65. The number of anilines is 2. The van der Waals surface area contributed by atoms with Crippen molar-refractivity contribution in [2.24, 2.45) is 5.92 Å². The third-order valence-electron chi connectivity index (χ3n) is 5.81. The van der Waals surface area contributed by atoms with Gasteiger partial charge in [-0.1, -0.05) is 23.7 Å². The highest BCUT2D eigenvalue weighted by atomic mass is 35.5. The summed E-state index contributed by atoms with van der Waals surface area (Å²) < 4.78 is 27.4. The molecule has 1 atom stereocenters. The minimum absolute atomic E-state index is 0.127. The van der Waals surface area contributed by atoms with Crippen LogP contribution in [0.5, 0.6) is 0 Å². The second kappa shape index (κ2) is 8.96. The van der Waals surface area contributed by atoms with Gasteiger partial charge in [0.2, 0.25) is 15.9 Å². The van der Waals surface area contributed by atoms with E-state index in [-0.39, 0.29) is 23.3 Å². The van der Waals surface area contributed by atoms with Gasteiger partial charge in [0.25, 0.3) is 0 Å². The summed E-state index contributed by atoms with van der Waals surface area (Å²) in [4.78, 5) is 15.5. The van der Waals surface area contributed by atoms with E-state index < -0.39 is 10.0 Å². The molecule has 0 spiro atoms. The van der Waals surface area contributed by atoms with Crippen LogP contribution in [0.15, 0.2) is 53.4 Å². The first-order chi connectivity index (χ1) is 14.4. The number of hydrogen-bond donors (Lipinski definition) is 1. The number of rotatable bonds is 5. The molecule has 2 heterocycles. The molecule has 0 bridgehead atoms. The first-order valence-corrected chi connectivity index (χ1v) is 12.2. The molecule has 0 aliphatic carbocycles.